The predicted molar refractivity (Wildman–Crippen MR) is 65.8 cm³/mol. The standard InChI is InChI=1S/C11H11ClN4O2/c1-18-11(17)8-4-14-10-7(9(8)12)5-15-16(10)6-2-13-3-6/h4-6,13H,2-3H2,1H3. The van der Waals surface area contributed by atoms with Crippen LogP contribution in [0.15, 0.2) is 12.4 Å². The number of carbonyl (C=O) groups excluding carboxylic acids is 1. The number of carbonyl (C=O) groups is 1. The van der Waals surface area contributed by atoms with E-state index in [1.54, 1.807) is 6.20 Å². The van der Waals surface area contributed by atoms with Gasteiger partial charge in [-0.15, -0.1) is 0 Å². The highest BCUT2D eigenvalue weighted by molar-refractivity contribution is 6.38. The van der Waals surface area contributed by atoms with E-state index in [1.807, 2.05) is 4.68 Å². The summed E-state index contributed by atoms with van der Waals surface area (Å²) in [4.78, 5) is 15.8. The number of fused-ring (bicyclic) bond motifs is 1. The predicted octanol–water partition coefficient (Wildman–Crippen LogP) is 1.02. The smallest absolute Gasteiger partial charge is 0.340 e. The Bertz CT molecular complexity index is 621. The van der Waals surface area contributed by atoms with E-state index in [0.29, 0.717) is 22.1 Å². The maximum absolute atomic E-state index is 11.5. The molecule has 2 aromatic heterocycles. The number of nitrogens with zero attached hydrogens (tertiary/aromatic N) is 3. The Kier molecular flexibility index (Phi) is 2.68. The van der Waals surface area contributed by atoms with Gasteiger partial charge in [-0.25, -0.2) is 14.5 Å². The summed E-state index contributed by atoms with van der Waals surface area (Å²) in [5, 5.41) is 8.46. The largest absolute Gasteiger partial charge is 0.465 e. The van der Waals surface area contributed by atoms with Crippen LogP contribution in [0.1, 0.15) is 16.4 Å². The molecule has 0 unspecified atom stereocenters. The molecule has 1 saturated heterocycles. The Morgan fingerprint density at radius 3 is 2.94 bits per heavy atom. The quantitative estimate of drug-likeness (QED) is 0.822. The van der Waals surface area contributed by atoms with E-state index in [9.17, 15) is 4.79 Å². The van der Waals surface area contributed by atoms with Gasteiger partial charge in [0.2, 0.25) is 0 Å². The molecule has 0 spiro atoms. The van der Waals surface area contributed by atoms with Gasteiger partial charge >= 0.3 is 5.97 Å². The molecule has 94 valence electrons. The molecule has 0 saturated carbocycles. The Morgan fingerprint density at radius 1 is 1.56 bits per heavy atom. The van der Waals surface area contributed by atoms with Gasteiger partial charge in [-0.3, -0.25) is 0 Å². The molecule has 0 aliphatic carbocycles. The summed E-state index contributed by atoms with van der Waals surface area (Å²) in [5.41, 5.74) is 0.956. The van der Waals surface area contributed by atoms with Gasteiger partial charge in [-0.2, -0.15) is 5.10 Å². The molecule has 3 heterocycles. The van der Waals surface area contributed by atoms with Crippen LogP contribution in [0, 0.1) is 0 Å². The maximum Gasteiger partial charge on any atom is 0.340 e. The van der Waals surface area contributed by atoms with Gasteiger partial charge in [0.05, 0.1) is 35.3 Å². The second-order valence-corrected chi connectivity index (χ2v) is 4.49. The summed E-state index contributed by atoms with van der Waals surface area (Å²) in [6.07, 6.45) is 3.07. The monoisotopic (exact) mass is 266 g/mol. The molecule has 0 bridgehead atoms. The van der Waals surface area contributed by atoms with Crippen molar-refractivity contribution >= 4 is 28.6 Å². The summed E-state index contributed by atoms with van der Waals surface area (Å²) < 4.78 is 6.48. The third kappa shape index (κ3) is 1.57. The van der Waals surface area contributed by atoms with Crippen molar-refractivity contribution in [2.24, 2.45) is 0 Å². The first-order valence-corrected chi connectivity index (χ1v) is 5.91. The molecule has 7 heteroatoms. The lowest BCUT2D eigenvalue weighted by molar-refractivity contribution is 0.0600. The van der Waals surface area contributed by atoms with Crippen LogP contribution in [0.5, 0.6) is 0 Å². The van der Waals surface area contributed by atoms with E-state index >= 15 is 0 Å². The normalized spacial score (nSPS) is 15.7. The third-order valence-electron chi connectivity index (χ3n) is 3.07. The van der Waals surface area contributed by atoms with E-state index in [1.165, 1.54) is 13.3 Å². The molecule has 1 aliphatic heterocycles. The van der Waals surface area contributed by atoms with Crippen LogP contribution >= 0.6 is 11.6 Å². The molecule has 3 rings (SSSR count). The minimum absolute atomic E-state index is 0.262. The molecule has 0 amide bonds. The van der Waals surface area contributed by atoms with Gasteiger partial charge in [0.1, 0.15) is 0 Å². The highest BCUT2D eigenvalue weighted by Crippen LogP contribution is 2.28. The van der Waals surface area contributed by atoms with E-state index in [4.69, 9.17) is 11.6 Å². The Morgan fingerprint density at radius 2 is 2.33 bits per heavy atom. The number of aromatic nitrogens is 3. The molecule has 2 aromatic rings. The Hall–Kier alpha value is -1.66. The minimum Gasteiger partial charge on any atom is -0.465 e. The average Bonchev–Trinajstić information content (AvgIpc) is 2.71. The highest BCUT2D eigenvalue weighted by atomic mass is 35.5. The van der Waals surface area contributed by atoms with Crippen LogP contribution in [0.4, 0.5) is 0 Å². The van der Waals surface area contributed by atoms with E-state index in [0.717, 1.165) is 13.1 Å². The number of pyridine rings is 1. The zero-order valence-corrected chi connectivity index (χ0v) is 10.4. The highest BCUT2D eigenvalue weighted by Gasteiger charge is 2.24. The van der Waals surface area contributed by atoms with Crippen molar-refractivity contribution in [1.82, 2.24) is 20.1 Å². The molecule has 18 heavy (non-hydrogen) atoms. The van der Waals surface area contributed by atoms with Gasteiger partial charge in [-0.1, -0.05) is 11.6 Å². The van der Waals surface area contributed by atoms with Gasteiger partial charge < -0.3 is 10.1 Å². The molecule has 0 aromatic carbocycles. The lowest BCUT2D eigenvalue weighted by Crippen LogP contribution is -2.43. The first-order chi connectivity index (χ1) is 8.72. The van der Waals surface area contributed by atoms with Gasteiger partial charge in [-0.05, 0) is 0 Å². The van der Waals surface area contributed by atoms with Crippen LogP contribution in [-0.2, 0) is 4.74 Å². The molecule has 0 radical (unpaired) electrons. The molecule has 0 atom stereocenters. The number of hydrogen-bond acceptors (Lipinski definition) is 5. The second kappa shape index (κ2) is 4.22. The number of ether oxygens (including phenoxy) is 1. The number of esters is 1. The Labute approximate surface area is 108 Å². The van der Waals surface area contributed by atoms with Crippen LogP contribution in [0.2, 0.25) is 5.02 Å². The number of halogens is 1. The fraction of sp³-hybridized carbons (Fsp3) is 0.364. The summed E-state index contributed by atoms with van der Waals surface area (Å²) >= 11 is 6.18. The number of methoxy groups -OCH3 is 1. The first kappa shape index (κ1) is 11.4. The lowest BCUT2D eigenvalue weighted by atomic mass is 10.2. The fourth-order valence-corrected chi connectivity index (χ4v) is 2.19. The van der Waals surface area contributed by atoms with Crippen molar-refractivity contribution in [3.05, 3.63) is 23.0 Å². The summed E-state index contributed by atoms with van der Waals surface area (Å²) in [6, 6.07) is 0.301. The van der Waals surface area contributed by atoms with Crippen molar-refractivity contribution < 1.29 is 9.53 Å². The van der Waals surface area contributed by atoms with Crippen molar-refractivity contribution in [2.45, 2.75) is 6.04 Å². The summed E-state index contributed by atoms with van der Waals surface area (Å²) in [6.45, 7) is 1.74. The van der Waals surface area contributed by atoms with Gasteiger partial charge in [0, 0.05) is 19.3 Å². The molecule has 1 aliphatic rings. The summed E-state index contributed by atoms with van der Waals surface area (Å²) in [5.74, 6) is -0.493. The van der Waals surface area contributed by atoms with Crippen molar-refractivity contribution in [3.8, 4) is 0 Å². The topological polar surface area (TPSA) is 69.0 Å². The van der Waals surface area contributed by atoms with Crippen molar-refractivity contribution in [2.75, 3.05) is 20.2 Å². The number of nitrogens with one attached hydrogen (secondary N) is 1. The van der Waals surface area contributed by atoms with Crippen molar-refractivity contribution in [3.63, 3.8) is 0 Å². The van der Waals surface area contributed by atoms with E-state index in [-0.39, 0.29) is 5.56 Å². The van der Waals surface area contributed by atoms with Crippen LogP contribution in [0.3, 0.4) is 0 Å². The molecule has 1 fully saturated rings. The molecular weight excluding hydrogens is 256 g/mol. The maximum atomic E-state index is 11.5. The fourth-order valence-electron chi connectivity index (χ4n) is 1.93. The molecule has 1 N–H and O–H groups in total. The Balaban J connectivity index is 2.13. The number of rotatable bonds is 2. The second-order valence-electron chi connectivity index (χ2n) is 4.12. The molecule has 6 nitrogen and oxygen atoms in total. The average molecular weight is 267 g/mol. The third-order valence-corrected chi connectivity index (χ3v) is 3.48. The summed E-state index contributed by atoms with van der Waals surface area (Å²) in [7, 11) is 1.31. The zero-order valence-electron chi connectivity index (χ0n) is 9.68. The number of hydrogen-bond donors (Lipinski definition) is 1. The van der Waals surface area contributed by atoms with Gasteiger partial charge in [0.25, 0.3) is 0 Å². The van der Waals surface area contributed by atoms with Crippen LogP contribution in [0.25, 0.3) is 11.0 Å². The SMILES string of the molecule is COC(=O)c1cnc2c(cnn2C2CNC2)c1Cl. The zero-order chi connectivity index (χ0) is 12.7. The first-order valence-electron chi connectivity index (χ1n) is 5.53. The van der Waals surface area contributed by atoms with Gasteiger partial charge in [0.15, 0.2) is 5.65 Å². The molecular formula is C11H11ClN4O2. The van der Waals surface area contributed by atoms with E-state index in [2.05, 4.69) is 20.1 Å². The van der Waals surface area contributed by atoms with Crippen LogP contribution in [-0.4, -0.2) is 40.9 Å². The van der Waals surface area contributed by atoms with Crippen molar-refractivity contribution in [1.29, 1.82) is 0 Å². The lowest BCUT2D eigenvalue weighted by Gasteiger charge is -2.27. The van der Waals surface area contributed by atoms with E-state index < -0.39 is 5.97 Å². The minimum atomic E-state index is -0.493. The van der Waals surface area contributed by atoms with Crippen LogP contribution < -0.4 is 5.32 Å².